The van der Waals surface area contributed by atoms with Gasteiger partial charge in [0.1, 0.15) is 5.69 Å². The van der Waals surface area contributed by atoms with Crippen LogP contribution in [0.2, 0.25) is 0 Å². The first-order valence-corrected chi connectivity index (χ1v) is 9.37. The predicted octanol–water partition coefficient (Wildman–Crippen LogP) is 4.45. The first kappa shape index (κ1) is 16.8. The molecule has 6 rings (SSSR count). The van der Waals surface area contributed by atoms with Gasteiger partial charge in [0.25, 0.3) is 0 Å². The molecule has 0 amide bonds. The van der Waals surface area contributed by atoms with E-state index in [1.54, 1.807) is 22.8 Å². The van der Waals surface area contributed by atoms with Crippen LogP contribution in [0.25, 0.3) is 27.7 Å². The van der Waals surface area contributed by atoms with Crippen molar-refractivity contribution in [3.63, 3.8) is 0 Å². The van der Waals surface area contributed by atoms with E-state index in [9.17, 15) is 9.90 Å². The van der Waals surface area contributed by atoms with Crippen LogP contribution in [-0.2, 0) is 0 Å². The van der Waals surface area contributed by atoms with Crippen molar-refractivity contribution in [1.82, 2.24) is 4.57 Å². The number of para-hydroxylation sites is 1. The average molecular weight is 401 g/mol. The van der Waals surface area contributed by atoms with Crippen LogP contribution in [0.15, 0.2) is 60.7 Å². The summed E-state index contributed by atoms with van der Waals surface area (Å²) in [6.45, 7) is 0.309. The summed E-state index contributed by atoms with van der Waals surface area (Å²) in [4.78, 5) is 12.5. The van der Waals surface area contributed by atoms with Crippen molar-refractivity contribution in [3.05, 3.63) is 66.4 Å². The number of benzene rings is 3. The van der Waals surface area contributed by atoms with Gasteiger partial charge in [0.2, 0.25) is 13.6 Å². The molecule has 3 heterocycles. The van der Waals surface area contributed by atoms with Crippen molar-refractivity contribution in [2.75, 3.05) is 13.6 Å². The van der Waals surface area contributed by atoms with E-state index in [-0.39, 0.29) is 19.3 Å². The summed E-state index contributed by atoms with van der Waals surface area (Å²) in [5.74, 6) is 1.45. The summed E-state index contributed by atoms with van der Waals surface area (Å²) in [7, 11) is 0. The van der Waals surface area contributed by atoms with E-state index in [1.165, 1.54) is 0 Å². The smallest absolute Gasteiger partial charge is 0.353 e. The molecule has 0 saturated carbocycles. The predicted molar refractivity (Wildman–Crippen MR) is 108 cm³/mol. The fourth-order valence-corrected chi connectivity index (χ4v) is 4.08. The minimum absolute atomic E-state index is 0.152. The number of carboxylic acids is 1. The van der Waals surface area contributed by atoms with Gasteiger partial charge >= 0.3 is 5.97 Å². The van der Waals surface area contributed by atoms with E-state index >= 15 is 0 Å². The fourth-order valence-electron chi connectivity index (χ4n) is 4.08. The van der Waals surface area contributed by atoms with Crippen molar-refractivity contribution in [1.29, 1.82) is 0 Å². The highest BCUT2D eigenvalue weighted by molar-refractivity contribution is 6.09. The monoisotopic (exact) mass is 401 g/mol. The van der Waals surface area contributed by atoms with E-state index in [0.717, 1.165) is 16.5 Å². The highest BCUT2D eigenvalue weighted by atomic mass is 16.7. The molecule has 2 aliphatic heterocycles. The Morgan fingerprint density at radius 3 is 2.23 bits per heavy atom. The largest absolute Gasteiger partial charge is 0.477 e. The van der Waals surface area contributed by atoms with Gasteiger partial charge in [-0.3, -0.25) is 0 Å². The summed E-state index contributed by atoms with van der Waals surface area (Å²) in [5, 5.41) is 11.0. The third kappa shape index (κ3) is 2.35. The molecule has 3 aromatic carbocycles. The third-order valence-corrected chi connectivity index (χ3v) is 5.35. The number of aromatic nitrogens is 1. The van der Waals surface area contributed by atoms with Gasteiger partial charge in [0.15, 0.2) is 23.0 Å². The first-order chi connectivity index (χ1) is 14.7. The first-order valence-electron chi connectivity index (χ1n) is 9.37. The molecule has 148 valence electrons. The minimum Gasteiger partial charge on any atom is -0.477 e. The van der Waals surface area contributed by atoms with Crippen molar-refractivity contribution in [2.45, 2.75) is 0 Å². The van der Waals surface area contributed by atoms with Gasteiger partial charge in [-0.1, -0.05) is 24.3 Å². The standard InChI is InChI=1S/C23H15NO6/c25-23(26)22-21(13-5-7-17-19(9-13)29-11-27-17)15-3-1-2-4-16(15)24(22)14-6-8-18-20(10-14)30-12-28-18/h1-10H,11-12H2,(H,25,26). The molecule has 0 unspecified atom stereocenters. The molecule has 0 fully saturated rings. The summed E-state index contributed by atoms with van der Waals surface area (Å²) >= 11 is 0. The number of fused-ring (bicyclic) bond motifs is 3. The maximum absolute atomic E-state index is 12.5. The second-order valence-corrected chi connectivity index (χ2v) is 6.99. The van der Waals surface area contributed by atoms with Crippen LogP contribution < -0.4 is 18.9 Å². The SMILES string of the molecule is O=C(O)c1c(-c2ccc3c(c2)OCO3)c2ccccc2n1-c1ccc2c(c1)OCO2. The fraction of sp³-hybridized carbons (Fsp3) is 0.0870. The van der Waals surface area contributed by atoms with Crippen molar-refractivity contribution >= 4 is 16.9 Å². The van der Waals surface area contributed by atoms with Gasteiger partial charge < -0.3 is 28.6 Å². The Morgan fingerprint density at radius 2 is 1.47 bits per heavy atom. The summed E-state index contributed by atoms with van der Waals surface area (Å²) in [6.07, 6.45) is 0. The van der Waals surface area contributed by atoms with Crippen LogP contribution in [-0.4, -0.2) is 29.2 Å². The molecular formula is C23H15NO6. The highest BCUT2D eigenvalue weighted by Gasteiger charge is 2.27. The maximum atomic E-state index is 12.5. The molecule has 0 aliphatic carbocycles. The van der Waals surface area contributed by atoms with Crippen LogP contribution >= 0.6 is 0 Å². The lowest BCUT2D eigenvalue weighted by Gasteiger charge is -2.10. The van der Waals surface area contributed by atoms with E-state index in [0.29, 0.717) is 34.2 Å². The Hall–Kier alpha value is -4.13. The Labute approximate surface area is 170 Å². The number of rotatable bonds is 3. The molecule has 0 spiro atoms. The van der Waals surface area contributed by atoms with E-state index in [2.05, 4.69) is 0 Å². The highest BCUT2D eigenvalue weighted by Crippen LogP contribution is 2.43. The molecule has 0 saturated heterocycles. The van der Waals surface area contributed by atoms with Gasteiger partial charge in [0.05, 0.1) is 11.2 Å². The molecule has 30 heavy (non-hydrogen) atoms. The summed E-state index contributed by atoms with van der Waals surface area (Å²) in [6, 6.07) is 18.5. The topological polar surface area (TPSA) is 79.2 Å². The van der Waals surface area contributed by atoms with Gasteiger partial charge in [-0.15, -0.1) is 0 Å². The molecular weight excluding hydrogens is 386 g/mol. The van der Waals surface area contributed by atoms with Crippen molar-refractivity contribution < 1.29 is 28.8 Å². The van der Waals surface area contributed by atoms with E-state index in [1.807, 2.05) is 42.5 Å². The zero-order chi connectivity index (χ0) is 20.2. The minimum atomic E-state index is -1.03. The molecule has 4 aromatic rings. The van der Waals surface area contributed by atoms with Crippen LogP contribution in [0.1, 0.15) is 10.5 Å². The lowest BCUT2D eigenvalue weighted by Crippen LogP contribution is -2.08. The Morgan fingerprint density at radius 1 is 0.800 bits per heavy atom. The van der Waals surface area contributed by atoms with Crippen molar-refractivity contribution in [3.8, 4) is 39.8 Å². The summed E-state index contributed by atoms with van der Waals surface area (Å²) < 4.78 is 23.5. The molecule has 7 nitrogen and oxygen atoms in total. The Balaban J connectivity index is 1.66. The van der Waals surface area contributed by atoms with Gasteiger partial charge in [-0.05, 0) is 35.9 Å². The zero-order valence-corrected chi connectivity index (χ0v) is 15.6. The Bertz CT molecular complexity index is 1240. The van der Waals surface area contributed by atoms with E-state index < -0.39 is 5.97 Å². The van der Waals surface area contributed by atoms with E-state index in [4.69, 9.17) is 18.9 Å². The maximum Gasteiger partial charge on any atom is 0.353 e. The number of carbonyl (C=O) groups is 1. The lowest BCUT2D eigenvalue weighted by atomic mass is 10.0. The molecule has 0 atom stereocenters. The second kappa shape index (κ2) is 6.18. The zero-order valence-electron chi connectivity index (χ0n) is 15.6. The normalized spacial score (nSPS) is 13.7. The quantitative estimate of drug-likeness (QED) is 0.546. The lowest BCUT2D eigenvalue weighted by molar-refractivity contribution is 0.0689. The van der Waals surface area contributed by atoms with Crippen LogP contribution in [0, 0.1) is 0 Å². The van der Waals surface area contributed by atoms with Crippen LogP contribution in [0.3, 0.4) is 0 Å². The number of hydrogen-bond acceptors (Lipinski definition) is 5. The number of hydrogen-bond donors (Lipinski definition) is 1. The molecule has 1 aromatic heterocycles. The average Bonchev–Trinajstić information content (AvgIpc) is 3.48. The molecule has 2 aliphatic rings. The summed E-state index contributed by atoms with van der Waals surface area (Å²) in [5.41, 5.74) is 2.98. The molecule has 1 N–H and O–H groups in total. The number of nitrogens with zero attached hydrogens (tertiary/aromatic N) is 1. The van der Waals surface area contributed by atoms with Gasteiger partial charge in [-0.2, -0.15) is 0 Å². The number of ether oxygens (including phenoxy) is 4. The third-order valence-electron chi connectivity index (χ3n) is 5.35. The van der Waals surface area contributed by atoms with Crippen molar-refractivity contribution in [2.24, 2.45) is 0 Å². The second-order valence-electron chi connectivity index (χ2n) is 6.99. The van der Waals surface area contributed by atoms with Crippen LogP contribution in [0.5, 0.6) is 23.0 Å². The van der Waals surface area contributed by atoms with Gasteiger partial charge in [-0.25, -0.2) is 4.79 Å². The molecule has 0 bridgehead atoms. The number of aromatic carboxylic acids is 1. The van der Waals surface area contributed by atoms with Crippen LogP contribution in [0.4, 0.5) is 0 Å². The van der Waals surface area contributed by atoms with Gasteiger partial charge in [0, 0.05) is 17.0 Å². The molecule has 7 heteroatoms. The number of carboxylic acid groups (broad SMARTS) is 1. The Kier molecular flexibility index (Phi) is 3.46. The molecule has 0 radical (unpaired) electrons.